The number of imidazole rings is 2. The quantitative estimate of drug-likeness (QED) is 0.0540. The van der Waals surface area contributed by atoms with Gasteiger partial charge in [-0.2, -0.15) is 4.98 Å². The number of hydrogen-bond donors (Lipinski definition) is 6. The molecule has 4 aromatic rings. The summed E-state index contributed by atoms with van der Waals surface area (Å²) in [5.74, 6) is -0.165. The molecule has 0 bridgehead atoms. The molecule has 2 unspecified atom stereocenters. The molecule has 0 radical (unpaired) electrons. The Bertz CT molecular complexity index is 1870. The monoisotopic (exact) mass is 655 g/mol. The van der Waals surface area contributed by atoms with Gasteiger partial charge in [-0.05, 0) is 17.3 Å². The second kappa shape index (κ2) is 11.6. The Morgan fingerprint density at radius 1 is 1.16 bits per heavy atom. The molecule has 21 nitrogen and oxygen atoms in total. The third-order valence-corrected chi connectivity index (χ3v) is 8.57. The summed E-state index contributed by atoms with van der Waals surface area (Å²) in [6, 6.07) is -1.24. The van der Waals surface area contributed by atoms with Crippen LogP contribution < -0.4 is 17.0 Å². The molecule has 2 saturated heterocycles. The van der Waals surface area contributed by atoms with Gasteiger partial charge in [-0.15, -0.1) is 0 Å². The topological polar surface area (TPSA) is 306 Å². The number of fused-ring (bicyclic) bond motifs is 2. The minimum atomic E-state index is -4.35. The summed E-state index contributed by atoms with van der Waals surface area (Å²) >= 11 is 5.14. The highest BCUT2D eigenvalue weighted by atomic mass is 32.5. The van der Waals surface area contributed by atoms with Gasteiger partial charge in [-0.3, -0.25) is 23.4 Å². The maximum Gasteiger partial charge on any atom is 0.325 e. The highest BCUT2D eigenvalue weighted by Crippen LogP contribution is 2.51. The van der Waals surface area contributed by atoms with E-state index in [9.17, 15) is 19.9 Å². The van der Waals surface area contributed by atoms with Crippen molar-refractivity contribution >= 4 is 52.6 Å². The number of azide groups is 1. The van der Waals surface area contributed by atoms with Crippen molar-refractivity contribution in [2.45, 2.75) is 49.1 Å². The molecule has 44 heavy (non-hydrogen) atoms. The average Bonchev–Trinajstić information content (AvgIpc) is 3.74. The maximum atomic E-state index is 15.4. The summed E-state index contributed by atoms with van der Waals surface area (Å²) in [4.78, 5) is 48.3. The zero-order valence-electron chi connectivity index (χ0n) is 22.0. The first kappa shape index (κ1) is 30.1. The van der Waals surface area contributed by atoms with Crippen LogP contribution in [0.5, 0.6) is 0 Å². The molecule has 2 aliphatic heterocycles. The molecule has 9 atom stereocenters. The van der Waals surface area contributed by atoms with Crippen LogP contribution in [0.15, 0.2) is 28.9 Å². The van der Waals surface area contributed by atoms with E-state index in [2.05, 4.69) is 39.9 Å². The van der Waals surface area contributed by atoms with E-state index >= 15 is 4.39 Å². The van der Waals surface area contributed by atoms with E-state index in [0.717, 1.165) is 10.9 Å². The molecular weight excluding hydrogens is 632 g/mol. The molecule has 0 amide bonds. The summed E-state index contributed by atoms with van der Waals surface area (Å²) in [6.07, 6.45) is -6.73. The van der Waals surface area contributed by atoms with Gasteiger partial charge in [0.2, 0.25) is 5.95 Å². The molecule has 2 fully saturated rings. The molecule has 6 rings (SSSR count). The fourth-order valence-electron chi connectivity index (χ4n) is 5.01. The third-order valence-electron chi connectivity index (χ3n) is 7.01. The highest BCUT2D eigenvalue weighted by Gasteiger charge is 2.50. The van der Waals surface area contributed by atoms with Crippen molar-refractivity contribution in [1.82, 2.24) is 39.0 Å². The number of aromatic nitrogens is 8. The highest BCUT2D eigenvalue weighted by molar-refractivity contribution is 8.07. The number of nitrogens with zero attached hydrogens (tertiary/aromatic N) is 10. The largest absolute Gasteiger partial charge is 0.394 e. The zero-order chi connectivity index (χ0) is 31.3. The molecule has 0 saturated carbocycles. The number of nitrogens with two attached hydrogens (primary N) is 2. The van der Waals surface area contributed by atoms with Crippen LogP contribution in [0.25, 0.3) is 32.8 Å². The van der Waals surface area contributed by atoms with Crippen LogP contribution in [0.2, 0.25) is 0 Å². The first-order valence-corrected chi connectivity index (χ1v) is 15.2. The van der Waals surface area contributed by atoms with Crippen LogP contribution in [0.1, 0.15) is 12.5 Å². The van der Waals surface area contributed by atoms with Gasteiger partial charge in [-0.1, -0.05) is 5.11 Å². The Labute approximate surface area is 248 Å². The van der Waals surface area contributed by atoms with Crippen molar-refractivity contribution in [1.29, 1.82) is 0 Å². The lowest BCUT2D eigenvalue weighted by atomic mass is 10.1. The van der Waals surface area contributed by atoms with Gasteiger partial charge in [0.1, 0.15) is 30.2 Å². The van der Waals surface area contributed by atoms with Crippen molar-refractivity contribution in [2.75, 3.05) is 24.7 Å². The van der Waals surface area contributed by atoms with Crippen LogP contribution in [0, 0.1) is 0 Å². The second-order valence-corrected chi connectivity index (χ2v) is 12.4. The Morgan fingerprint density at radius 2 is 1.86 bits per heavy atom. The fourth-order valence-corrected chi connectivity index (χ4v) is 6.42. The lowest BCUT2D eigenvalue weighted by molar-refractivity contribution is -0.0551. The molecule has 2 aliphatic rings. The van der Waals surface area contributed by atoms with Crippen LogP contribution >= 0.6 is 6.72 Å². The van der Waals surface area contributed by atoms with Gasteiger partial charge in [0.25, 0.3) is 5.56 Å². The number of H-pyrrole nitrogens is 1. The smallest absolute Gasteiger partial charge is 0.325 e. The first-order valence-electron chi connectivity index (χ1n) is 12.6. The van der Waals surface area contributed by atoms with Crippen LogP contribution in [-0.2, 0) is 30.3 Å². The molecule has 8 N–H and O–H groups in total. The van der Waals surface area contributed by atoms with Crippen molar-refractivity contribution in [3.63, 3.8) is 0 Å². The van der Waals surface area contributed by atoms with Gasteiger partial charge in [0, 0.05) is 4.91 Å². The maximum absolute atomic E-state index is 15.4. The zero-order valence-corrected chi connectivity index (χ0v) is 23.7. The normalized spacial score (nSPS) is 30.1. The van der Waals surface area contributed by atoms with Gasteiger partial charge < -0.3 is 40.6 Å². The lowest BCUT2D eigenvalue weighted by Gasteiger charge is -2.26. The fraction of sp³-hybridized carbons (Fsp3) is 0.500. The van der Waals surface area contributed by atoms with Crippen LogP contribution in [-0.4, -0.2) is 104 Å². The van der Waals surface area contributed by atoms with Crippen molar-refractivity contribution in [2.24, 2.45) is 5.11 Å². The number of rotatable bonds is 9. The average molecular weight is 656 g/mol. The minimum absolute atomic E-state index is 0.0848. The molecule has 0 spiro atoms. The summed E-state index contributed by atoms with van der Waals surface area (Å²) in [7, 11) is 0. The lowest BCUT2D eigenvalue weighted by Crippen LogP contribution is -2.33. The van der Waals surface area contributed by atoms with Gasteiger partial charge >= 0.3 is 6.72 Å². The Hall–Kier alpha value is -3.89. The number of anilines is 2. The number of aliphatic hydroxyl groups is 2. The Morgan fingerprint density at radius 3 is 2.59 bits per heavy atom. The molecular formula is C20H23FN13O8PS. The van der Waals surface area contributed by atoms with E-state index in [0.29, 0.717) is 0 Å². The molecule has 4 aromatic heterocycles. The van der Waals surface area contributed by atoms with E-state index in [1.165, 1.54) is 17.2 Å². The number of halogens is 1. The van der Waals surface area contributed by atoms with Gasteiger partial charge in [0.15, 0.2) is 41.3 Å². The number of alkyl halides is 1. The Balaban J connectivity index is 1.22. The van der Waals surface area contributed by atoms with Crippen LogP contribution in [0.3, 0.4) is 0 Å². The molecule has 6 heterocycles. The molecule has 24 heteroatoms. The number of nitrogen functional groups attached to an aromatic ring is 2. The predicted octanol–water partition coefficient (Wildman–Crippen LogP) is -1.09. The van der Waals surface area contributed by atoms with E-state index in [1.54, 1.807) is 0 Å². The SMILES string of the molecule is [N-]=[N+]=NC1[C@@H](O)[C@H](n2cnc3c(N)ncnc32)O[C@@H]1COP(O)(=S)O[C@@H]1[C@H](F)[C@@H](CO)O[C@H]1n1cnc2c(=O)[nH]c(N)nc21. The number of aromatic amines is 1. The molecule has 234 valence electrons. The number of nitrogens with one attached hydrogen (secondary N) is 1. The van der Waals surface area contributed by atoms with Gasteiger partial charge in [-0.25, -0.2) is 24.3 Å². The molecule has 0 aromatic carbocycles. The number of aliphatic hydroxyl groups excluding tert-OH is 2. The predicted molar refractivity (Wildman–Crippen MR) is 148 cm³/mol. The number of ether oxygens (including phenoxy) is 2. The third kappa shape index (κ3) is 5.24. The standard InChI is InChI=1S/C20H23FN13O8PS/c21-8-6(1-35)40-19(34-5-28-11-16(34)29-20(23)30-17(11)37)13(8)42-43(38,44)39-2-7-9(31-32-24)12(36)18(41-7)33-4-27-10-14(22)25-3-26-15(10)33/h3-9,12-13,18-19,35-36H,1-2H2,(H,38,44)(H2,22,25,26)(H3,23,29,30,37)/t6-,7-,8-,9?,12-,13-,18-,19-,43?/m1/s1. The molecule has 0 aliphatic carbocycles. The first-order chi connectivity index (χ1) is 21.0. The van der Waals surface area contributed by atoms with Gasteiger partial charge in [0.05, 0.1) is 38.0 Å². The number of hydrogen-bond acceptors (Lipinski definition) is 16. The van der Waals surface area contributed by atoms with Crippen molar-refractivity contribution in [3.8, 4) is 0 Å². The second-order valence-electron chi connectivity index (χ2n) is 9.64. The Kier molecular flexibility index (Phi) is 7.92. The van der Waals surface area contributed by atoms with Crippen LogP contribution in [0.4, 0.5) is 16.2 Å². The van der Waals surface area contributed by atoms with E-state index in [4.69, 9.17) is 47.3 Å². The van der Waals surface area contributed by atoms with E-state index < -0.39 is 74.6 Å². The summed E-state index contributed by atoms with van der Waals surface area (Å²) < 4.78 is 40.4. The summed E-state index contributed by atoms with van der Waals surface area (Å²) in [5, 5.41) is 24.2. The summed E-state index contributed by atoms with van der Waals surface area (Å²) in [5.41, 5.74) is 20.2. The minimum Gasteiger partial charge on any atom is -0.394 e. The van der Waals surface area contributed by atoms with E-state index in [-0.39, 0.29) is 34.1 Å². The van der Waals surface area contributed by atoms with Crippen molar-refractivity contribution in [3.05, 3.63) is 39.8 Å². The summed E-state index contributed by atoms with van der Waals surface area (Å²) in [6.45, 7) is -5.69. The van der Waals surface area contributed by atoms with Crippen molar-refractivity contribution < 1.29 is 38.0 Å². The van der Waals surface area contributed by atoms with E-state index in [1.807, 2.05) is 0 Å².